The predicted octanol–water partition coefficient (Wildman–Crippen LogP) is 4.57. The fourth-order valence-electron chi connectivity index (χ4n) is 1.78. The molecule has 0 aromatic rings. The summed E-state index contributed by atoms with van der Waals surface area (Å²) in [5.74, 6) is 0.315. The van der Waals surface area contributed by atoms with Gasteiger partial charge in [-0.15, -0.1) is 0 Å². The third-order valence-electron chi connectivity index (χ3n) is 2.72. The average molecular weight is 278 g/mol. The Labute approximate surface area is 111 Å². The van der Waals surface area contributed by atoms with E-state index in [1.54, 1.807) is 13.8 Å². The van der Waals surface area contributed by atoms with Crippen LogP contribution in [0.5, 0.6) is 0 Å². The van der Waals surface area contributed by atoms with Gasteiger partial charge in [0.25, 0.3) is 0 Å². The highest BCUT2D eigenvalue weighted by Crippen LogP contribution is 2.51. The molecule has 0 amide bonds. The van der Waals surface area contributed by atoms with Gasteiger partial charge < -0.3 is 0 Å². The van der Waals surface area contributed by atoms with Crippen LogP contribution in [-0.4, -0.2) is 19.3 Å². The first-order valence-electron chi connectivity index (χ1n) is 6.77. The normalized spacial score (nSPS) is 14.6. The summed E-state index contributed by atoms with van der Waals surface area (Å²) in [6, 6.07) is 0. The minimum absolute atomic E-state index is 0.228. The molecule has 0 aromatic heterocycles. The molecule has 108 valence electrons. The largest absolute Gasteiger partial charge is 0.475 e. The molecule has 0 saturated heterocycles. The Balaban J connectivity index is 4.85. The van der Waals surface area contributed by atoms with Crippen LogP contribution in [0.25, 0.3) is 0 Å². The lowest BCUT2D eigenvalue weighted by molar-refractivity contribution is 0.0749. The maximum atomic E-state index is 12.3. The van der Waals surface area contributed by atoms with Gasteiger partial charge in [0.2, 0.25) is 0 Å². The van der Waals surface area contributed by atoms with Gasteiger partial charge in [0.1, 0.15) is 0 Å². The zero-order valence-electron chi connectivity index (χ0n) is 12.2. The van der Waals surface area contributed by atoms with Crippen LogP contribution >= 0.6 is 7.82 Å². The third kappa shape index (κ3) is 6.14. The summed E-state index contributed by atoms with van der Waals surface area (Å²) in [6.45, 7) is 10.3. The van der Waals surface area contributed by atoms with Crippen LogP contribution in [0.3, 0.4) is 0 Å². The first-order chi connectivity index (χ1) is 8.56. The van der Waals surface area contributed by atoms with Crippen LogP contribution in [0.1, 0.15) is 47.5 Å². The fraction of sp³-hybridized carbons (Fsp3) is 0.846. The first-order valence-corrected chi connectivity index (χ1v) is 8.23. The summed E-state index contributed by atoms with van der Waals surface area (Å²) < 4.78 is 28.3. The van der Waals surface area contributed by atoms with E-state index in [4.69, 9.17) is 13.6 Å². The molecule has 0 aliphatic heterocycles. The predicted molar refractivity (Wildman–Crippen MR) is 74.6 cm³/mol. The Morgan fingerprint density at radius 2 is 1.56 bits per heavy atom. The lowest BCUT2D eigenvalue weighted by Crippen LogP contribution is -2.21. The van der Waals surface area contributed by atoms with Crippen molar-refractivity contribution in [2.24, 2.45) is 5.92 Å². The molecule has 0 radical (unpaired) electrons. The molecule has 0 aliphatic rings. The van der Waals surface area contributed by atoms with E-state index in [2.05, 4.69) is 13.8 Å². The smallest absolute Gasteiger partial charge is 0.287 e. The first kappa shape index (κ1) is 17.8. The summed E-state index contributed by atoms with van der Waals surface area (Å²) >= 11 is 0. The molecule has 0 spiro atoms. The third-order valence-corrected chi connectivity index (χ3v) is 4.37. The van der Waals surface area contributed by atoms with Crippen molar-refractivity contribution in [3.05, 3.63) is 12.2 Å². The highest BCUT2D eigenvalue weighted by atomic mass is 31.2. The molecule has 0 N–H and O–H groups in total. The van der Waals surface area contributed by atoms with E-state index in [1.807, 2.05) is 19.1 Å². The van der Waals surface area contributed by atoms with Crippen molar-refractivity contribution >= 4 is 7.82 Å². The second-order valence-electron chi connectivity index (χ2n) is 3.96. The molecule has 0 fully saturated rings. The number of hydrogen-bond donors (Lipinski definition) is 0. The number of hydrogen-bond acceptors (Lipinski definition) is 4. The Bertz CT molecular complexity index is 264. The van der Waals surface area contributed by atoms with Crippen molar-refractivity contribution in [3.63, 3.8) is 0 Å². The van der Waals surface area contributed by atoms with Gasteiger partial charge in [-0.3, -0.25) is 13.6 Å². The molecular weight excluding hydrogens is 251 g/mol. The number of rotatable bonds is 10. The van der Waals surface area contributed by atoms with Crippen LogP contribution in [0.15, 0.2) is 12.2 Å². The van der Waals surface area contributed by atoms with Crippen molar-refractivity contribution in [1.29, 1.82) is 0 Å². The number of phosphoric acid groups is 1. The van der Waals surface area contributed by atoms with Gasteiger partial charge in [-0.2, -0.15) is 0 Å². The molecule has 0 aliphatic carbocycles. The summed E-state index contributed by atoms with van der Waals surface area (Å²) in [5.41, 5.74) is 0. The maximum Gasteiger partial charge on any atom is 0.475 e. The van der Waals surface area contributed by atoms with Gasteiger partial charge in [0, 0.05) is 0 Å². The van der Waals surface area contributed by atoms with Gasteiger partial charge in [0.05, 0.1) is 19.3 Å². The molecule has 4 nitrogen and oxygen atoms in total. The highest BCUT2D eigenvalue weighted by Gasteiger charge is 2.31. The van der Waals surface area contributed by atoms with Crippen LogP contribution in [-0.2, 0) is 18.1 Å². The zero-order valence-corrected chi connectivity index (χ0v) is 13.1. The van der Waals surface area contributed by atoms with E-state index in [9.17, 15) is 4.57 Å². The van der Waals surface area contributed by atoms with Crippen molar-refractivity contribution < 1.29 is 18.1 Å². The molecule has 0 bridgehead atoms. The molecule has 18 heavy (non-hydrogen) atoms. The van der Waals surface area contributed by atoms with E-state index in [0.29, 0.717) is 19.1 Å². The average Bonchev–Trinajstić information content (AvgIpc) is 2.31. The Kier molecular flexibility index (Phi) is 9.66. The van der Waals surface area contributed by atoms with Crippen LogP contribution in [0, 0.1) is 5.92 Å². The van der Waals surface area contributed by atoms with Crippen molar-refractivity contribution in [2.75, 3.05) is 13.2 Å². The number of phosphoric ester groups is 1. The van der Waals surface area contributed by atoms with Gasteiger partial charge >= 0.3 is 7.82 Å². The van der Waals surface area contributed by atoms with E-state index in [-0.39, 0.29) is 6.10 Å². The zero-order chi connectivity index (χ0) is 14.0. The van der Waals surface area contributed by atoms with E-state index >= 15 is 0 Å². The molecule has 0 heterocycles. The quantitative estimate of drug-likeness (QED) is 0.434. The fourth-order valence-corrected chi connectivity index (χ4v) is 3.15. The molecule has 0 rings (SSSR count). The van der Waals surface area contributed by atoms with Crippen molar-refractivity contribution in [3.8, 4) is 0 Å². The molecule has 0 aromatic carbocycles. The summed E-state index contributed by atoms with van der Waals surface area (Å²) in [5, 5.41) is 0. The lowest BCUT2D eigenvalue weighted by atomic mass is 9.96. The van der Waals surface area contributed by atoms with Crippen LogP contribution < -0.4 is 0 Å². The monoisotopic (exact) mass is 278 g/mol. The van der Waals surface area contributed by atoms with Crippen molar-refractivity contribution in [2.45, 2.75) is 53.6 Å². The minimum atomic E-state index is -3.44. The topological polar surface area (TPSA) is 44.8 Å². The standard InChI is InChI=1S/C13H27O4P/c1-6-11-13(12(7-2)8-3)17-18(14,15-9-4)16-10-5/h6,11-13H,7-10H2,1-5H3/b11-6+/t13-/m0/s1. The molecule has 0 unspecified atom stereocenters. The summed E-state index contributed by atoms with van der Waals surface area (Å²) in [6.07, 6.45) is 5.52. The van der Waals surface area contributed by atoms with Gasteiger partial charge in [-0.05, 0) is 26.7 Å². The highest BCUT2D eigenvalue weighted by molar-refractivity contribution is 7.48. The van der Waals surface area contributed by atoms with Gasteiger partial charge in [-0.1, -0.05) is 38.8 Å². The van der Waals surface area contributed by atoms with Gasteiger partial charge in [0.15, 0.2) is 0 Å². The Hall–Kier alpha value is -0.150. The molecule has 1 atom stereocenters. The summed E-state index contributed by atoms with van der Waals surface area (Å²) in [7, 11) is -3.44. The minimum Gasteiger partial charge on any atom is -0.287 e. The SMILES string of the molecule is C/C=C/[C@H](OP(=O)(OCC)OCC)C(CC)CC. The summed E-state index contributed by atoms with van der Waals surface area (Å²) in [4.78, 5) is 0. The van der Waals surface area contributed by atoms with Crippen LogP contribution in [0.2, 0.25) is 0 Å². The Morgan fingerprint density at radius 3 is 1.89 bits per heavy atom. The maximum absolute atomic E-state index is 12.3. The number of allylic oxidation sites excluding steroid dienone is 1. The van der Waals surface area contributed by atoms with Crippen molar-refractivity contribution in [1.82, 2.24) is 0 Å². The van der Waals surface area contributed by atoms with E-state index in [1.165, 1.54) is 0 Å². The van der Waals surface area contributed by atoms with Crippen LogP contribution in [0.4, 0.5) is 0 Å². The second-order valence-corrected chi connectivity index (χ2v) is 5.58. The second kappa shape index (κ2) is 9.74. The lowest BCUT2D eigenvalue weighted by Gasteiger charge is -2.26. The van der Waals surface area contributed by atoms with E-state index < -0.39 is 7.82 Å². The van der Waals surface area contributed by atoms with E-state index in [0.717, 1.165) is 12.8 Å². The van der Waals surface area contributed by atoms with Gasteiger partial charge in [-0.25, -0.2) is 4.57 Å². The molecule has 5 heteroatoms. The Morgan fingerprint density at radius 1 is 1.06 bits per heavy atom. The molecule has 0 saturated carbocycles. The molecular formula is C13H27O4P.